The Labute approximate surface area is 103 Å². The van der Waals surface area contributed by atoms with Gasteiger partial charge in [0, 0.05) is 13.1 Å². The van der Waals surface area contributed by atoms with Crippen molar-refractivity contribution in [2.75, 3.05) is 18.8 Å². The maximum Gasteiger partial charge on any atom is 0.236 e. The van der Waals surface area contributed by atoms with E-state index in [0.717, 1.165) is 0 Å². The first kappa shape index (κ1) is 16.3. The van der Waals surface area contributed by atoms with Crippen molar-refractivity contribution in [1.82, 2.24) is 10.0 Å². The molecule has 0 spiro atoms. The quantitative estimate of drug-likeness (QED) is 0.511. The summed E-state index contributed by atoms with van der Waals surface area (Å²) >= 11 is 0. The van der Waals surface area contributed by atoms with Crippen LogP contribution in [0.1, 0.15) is 27.2 Å². The Morgan fingerprint density at radius 1 is 1.29 bits per heavy atom. The van der Waals surface area contributed by atoms with Crippen molar-refractivity contribution >= 4 is 15.9 Å². The van der Waals surface area contributed by atoms with Crippen molar-refractivity contribution in [2.24, 2.45) is 11.7 Å². The van der Waals surface area contributed by atoms with E-state index < -0.39 is 16.1 Å². The minimum Gasteiger partial charge on any atom is -0.353 e. The summed E-state index contributed by atoms with van der Waals surface area (Å²) in [6, 6.07) is -0.530. The number of carbonyl (C=O) groups is 1. The van der Waals surface area contributed by atoms with Gasteiger partial charge in [-0.1, -0.05) is 13.8 Å². The van der Waals surface area contributed by atoms with E-state index in [1.807, 2.05) is 13.8 Å². The van der Waals surface area contributed by atoms with E-state index in [-0.39, 0.29) is 24.7 Å². The fourth-order valence-corrected chi connectivity index (χ4v) is 1.86. The molecule has 0 radical (unpaired) electrons. The van der Waals surface area contributed by atoms with Crippen LogP contribution in [0.3, 0.4) is 0 Å². The van der Waals surface area contributed by atoms with Crippen molar-refractivity contribution in [3.8, 4) is 0 Å². The fraction of sp³-hybridized carbons (Fsp3) is 0.900. The zero-order valence-electron chi connectivity index (χ0n) is 10.7. The lowest BCUT2D eigenvalue weighted by Crippen LogP contribution is -2.44. The summed E-state index contributed by atoms with van der Waals surface area (Å²) in [5.41, 5.74) is 5.66. The summed E-state index contributed by atoms with van der Waals surface area (Å²) in [4.78, 5) is 11.5. The van der Waals surface area contributed by atoms with Crippen LogP contribution in [-0.4, -0.2) is 39.2 Å². The summed E-state index contributed by atoms with van der Waals surface area (Å²) in [7, 11) is -3.19. The number of amides is 1. The zero-order valence-corrected chi connectivity index (χ0v) is 11.5. The Morgan fingerprint density at radius 3 is 2.35 bits per heavy atom. The van der Waals surface area contributed by atoms with Gasteiger partial charge < -0.3 is 11.1 Å². The highest BCUT2D eigenvalue weighted by molar-refractivity contribution is 7.89. The molecule has 0 saturated heterocycles. The number of sulfonamides is 1. The minimum absolute atomic E-state index is 0.0355. The third-order valence-corrected chi connectivity index (χ3v) is 3.59. The SMILES string of the molecule is CCS(=O)(=O)NCCNC(=O)[C@@H](N)CC(C)C. The van der Waals surface area contributed by atoms with E-state index in [9.17, 15) is 13.2 Å². The molecule has 1 atom stereocenters. The Kier molecular flexibility index (Phi) is 7.33. The van der Waals surface area contributed by atoms with Crippen LogP contribution in [0, 0.1) is 5.92 Å². The molecule has 0 aromatic heterocycles. The molecule has 0 unspecified atom stereocenters. The zero-order chi connectivity index (χ0) is 13.5. The maximum atomic E-state index is 11.5. The normalized spacial score (nSPS) is 13.7. The van der Waals surface area contributed by atoms with Crippen LogP contribution in [0.5, 0.6) is 0 Å². The van der Waals surface area contributed by atoms with Crippen LogP contribution >= 0.6 is 0 Å². The van der Waals surface area contributed by atoms with Gasteiger partial charge in [-0.05, 0) is 19.3 Å². The predicted octanol–water partition coefficient (Wildman–Crippen LogP) is -0.585. The third kappa shape index (κ3) is 8.12. The van der Waals surface area contributed by atoms with Gasteiger partial charge in [-0.25, -0.2) is 13.1 Å². The van der Waals surface area contributed by atoms with E-state index in [4.69, 9.17) is 5.73 Å². The molecule has 7 heteroatoms. The summed E-state index contributed by atoms with van der Waals surface area (Å²) in [6.07, 6.45) is 0.618. The summed E-state index contributed by atoms with van der Waals surface area (Å²) in [5.74, 6) is 0.150. The van der Waals surface area contributed by atoms with Gasteiger partial charge in [0.25, 0.3) is 0 Å². The average molecular weight is 265 g/mol. The van der Waals surface area contributed by atoms with Crippen molar-refractivity contribution in [3.05, 3.63) is 0 Å². The number of nitrogens with one attached hydrogen (secondary N) is 2. The van der Waals surface area contributed by atoms with Crippen LogP contribution in [0.15, 0.2) is 0 Å². The Hall–Kier alpha value is -0.660. The van der Waals surface area contributed by atoms with E-state index in [2.05, 4.69) is 10.0 Å². The van der Waals surface area contributed by atoms with Crippen LogP contribution in [0.2, 0.25) is 0 Å². The Balaban J connectivity index is 3.79. The Morgan fingerprint density at radius 2 is 1.88 bits per heavy atom. The first-order valence-electron chi connectivity index (χ1n) is 5.79. The second-order valence-electron chi connectivity index (χ2n) is 4.32. The molecule has 0 aliphatic heterocycles. The maximum absolute atomic E-state index is 11.5. The molecule has 4 N–H and O–H groups in total. The van der Waals surface area contributed by atoms with Crippen LogP contribution in [0.4, 0.5) is 0 Å². The molecule has 0 aliphatic carbocycles. The highest BCUT2D eigenvalue weighted by Gasteiger charge is 2.14. The molecule has 0 aromatic rings. The molecular weight excluding hydrogens is 242 g/mol. The molecule has 1 amide bonds. The van der Waals surface area contributed by atoms with E-state index in [0.29, 0.717) is 12.3 Å². The van der Waals surface area contributed by atoms with Gasteiger partial charge in [0.05, 0.1) is 11.8 Å². The molecule has 0 heterocycles. The molecular formula is C10H23N3O3S. The van der Waals surface area contributed by atoms with Gasteiger partial charge in [-0.15, -0.1) is 0 Å². The number of carbonyl (C=O) groups excluding carboxylic acids is 1. The lowest BCUT2D eigenvalue weighted by molar-refractivity contribution is -0.122. The van der Waals surface area contributed by atoms with Crippen LogP contribution in [-0.2, 0) is 14.8 Å². The first-order valence-corrected chi connectivity index (χ1v) is 7.44. The molecule has 17 heavy (non-hydrogen) atoms. The van der Waals surface area contributed by atoms with Gasteiger partial charge >= 0.3 is 0 Å². The number of hydrogen-bond donors (Lipinski definition) is 3. The summed E-state index contributed by atoms with van der Waals surface area (Å²) in [6.45, 7) is 5.98. The second-order valence-corrected chi connectivity index (χ2v) is 6.42. The second kappa shape index (κ2) is 7.62. The van der Waals surface area contributed by atoms with Crippen molar-refractivity contribution < 1.29 is 13.2 Å². The summed E-state index contributed by atoms with van der Waals surface area (Å²) in [5, 5.41) is 2.59. The highest BCUT2D eigenvalue weighted by Crippen LogP contribution is 2.02. The molecule has 6 nitrogen and oxygen atoms in total. The summed E-state index contributed by atoms with van der Waals surface area (Å²) < 4.78 is 24.5. The standard InChI is InChI=1S/C10H23N3O3S/c1-4-17(15,16)13-6-5-12-10(14)9(11)7-8(2)3/h8-9,13H,4-7,11H2,1-3H3,(H,12,14)/t9-/m0/s1. The highest BCUT2D eigenvalue weighted by atomic mass is 32.2. The lowest BCUT2D eigenvalue weighted by atomic mass is 10.0. The molecule has 0 aliphatic rings. The van der Waals surface area contributed by atoms with E-state index in [1.54, 1.807) is 6.92 Å². The van der Waals surface area contributed by atoms with Crippen LogP contribution < -0.4 is 15.8 Å². The topological polar surface area (TPSA) is 101 Å². The smallest absolute Gasteiger partial charge is 0.236 e. The lowest BCUT2D eigenvalue weighted by Gasteiger charge is -2.14. The fourth-order valence-electron chi connectivity index (χ4n) is 1.24. The van der Waals surface area contributed by atoms with Gasteiger partial charge in [0.2, 0.25) is 15.9 Å². The average Bonchev–Trinajstić information content (AvgIpc) is 2.23. The largest absolute Gasteiger partial charge is 0.353 e. The van der Waals surface area contributed by atoms with E-state index >= 15 is 0 Å². The van der Waals surface area contributed by atoms with Gasteiger partial charge in [0.1, 0.15) is 0 Å². The molecule has 0 fully saturated rings. The first-order chi connectivity index (χ1) is 7.78. The number of hydrogen-bond acceptors (Lipinski definition) is 4. The monoisotopic (exact) mass is 265 g/mol. The van der Waals surface area contributed by atoms with Crippen LogP contribution in [0.25, 0.3) is 0 Å². The Bertz CT molecular complexity index is 328. The molecule has 0 rings (SSSR count). The van der Waals surface area contributed by atoms with Crippen molar-refractivity contribution in [1.29, 1.82) is 0 Å². The van der Waals surface area contributed by atoms with Crippen molar-refractivity contribution in [2.45, 2.75) is 33.2 Å². The van der Waals surface area contributed by atoms with E-state index in [1.165, 1.54) is 0 Å². The predicted molar refractivity (Wildman–Crippen MR) is 67.9 cm³/mol. The number of rotatable bonds is 8. The number of nitrogens with two attached hydrogens (primary N) is 1. The molecule has 0 bridgehead atoms. The van der Waals surface area contributed by atoms with Gasteiger partial charge in [0.15, 0.2) is 0 Å². The van der Waals surface area contributed by atoms with Crippen molar-refractivity contribution in [3.63, 3.8) is 0 Å². The van der Waals surface area contributed by atoms with Gasteiger partial charge in [-0.2, -0.15) is 0 Å². The molecule has 0 aromatic carbocycles. The van der Waals surface area contributed by atoms with Gasteiger partial charge in [-0.3, -0.25) is 4.79 Å². The molecule has 0 saturated carbocycles. The third-order valence-electron chi connectivity index (χ3n) is 2.19. The molecule has 102 valence electrons. The minimum atomic E-state index is -3.19.